The van der Waals surface area contributed by atoms with Gasteiger partial charge in [0.25, 0.3) is 0 Å². The van der Waals surface area contributed by atoms with Crippen molar-refractivity contribution in [3.05, 3.63) is 18.3 Å². The standard InChI is InChI=1S/C16H26BNO3/c1-14(2,3)11-19-13-12(9-8-10-18-13)17-20-15(4,5)16(6,7)21-17/h8-10H,11H2,1-7H3. The van der Waals surface area contributed by atoms with E-state index in [2.05, 4.69) is 25.8 Å². The molecule has 0 aliphatic carbocycles. The van der Waals surface area contributed by atoms with E-state index in [4.69, 9.17) is 14.0 Å². The van der Waals surface area contributed by atoms with Crippen molar-refractivity contribution in [1.29, 1.82) is 0 Å². The van der Waals surface area contributed by atoms with Crippen LogP contribution in [0.5, 0.6) is 5.88 Å². The molecule has 2 heterocycles. The van der Waals surface area contributed by atoms with Crippen molar-refractivity contribution < 1.29 is 14.0 Å². The molecule has 4 nitrogen and oxygen atoms in total. The van der Waals surface area contributed by atoms with Gasteiger partial charge in [0, 0.05) is 11.7 Å². The lowest BCUT2D eigenvalue weighted by molar-refractivity contribution is 0.00578. The highest BCUT2D eigenvalue weighted by Gasteiger charge is 2.52. The van der Waals surface area contributed by atoms with Crippen molar-refractivity contribution in [2.75, 3.05) is 6.61 Å². The van der Waals surface area contributed by atoms with Gasteiger partial charge in [0.05, 0.1) is 17.8 Å². The van der Waals surface area contributed by atoms with E-state index in [0.29, 0.717) is 12.5 Å². The highest BCUT2D eigenvalue weighted by molar-refractivity contribution is 6.63. The Labute approximate surface area is 128 Å². The van der Waals surface area contributed by atoms with E-state index >= 15 is 0 Å². The second kappa shape index (κ2) is 5.29. The maximum atomic E-state index is 6.08. The van der Waals surface area contributed by atoms with Crippen molar-refractivity contribution in [1.82, 2.24) is 4.98 Å². The third-order valence-corrected chi connectivity index (χ3v) is 3.95. The second-order valence-corrected chi connectivity index (χ2v) is 7.84. The van der Waals surface area contributed by atoms with Gasteiger partial charge in [0.2, 0.25) is 5.88 Å². The lowest BCUT2D eigenvalue weighted by Crippen LogP contribution is -2.41. The second-order valence-electron chi connectivity index (χ2n) is 7.84. The minimum Gasteiger partial charge on any atom is -0.477 e. The fourth-order valence-electron chi connectivity index (χ4n) is 1.96. The van der Waals surface area contributed by atoms with Crippen molar-refractivity contribution in [3.8, 4) is 5.88 Å². The van der Waals surface area contributed by atoms with Gasteiger partial charge in [-0.3, -0.25) is 0 Å². The van der Waals surface area contributed by atoms with Gasteiger partial charge in [-0.1, -0.05) is 26.8 Å². The Morgan fingerprint density at radius 1 is 1.14 bits per heavy atom. The van der Waals surface area contributed by atoms with E-state index in [-0.39, 0.29) is 16.6 Å². The first kappa shape index (κ1) is 16.3. The molecule has 1 aliphatic heterocycles. The Bertz CT molecular complexity index is 492. The van der Waals surface area contributed by atoms with Crippen molar-refractivity contribution in [2.24, 2.45) is 5.41 Å². The molecule has 2 rings (SSSR count). The molecule has 1 fully saturated rings. The van der Waals surface area contributed by atoms with Gasteiger partial charge in [0.1, 0.15) is 0 Å². The zero-order valence-corrected chi connectivity index (χ0v) is 14.2. The quantitative estimate of drug-likeness (QED) is 0.803. The zero-order valence-electron chi connectivity index (χ0n) is 14.2. The maximum absolute atomic E-state index is 6.08. The number of rotatable bonds is 3. The minimum absolute atomic E-state index is 0.0741. The highest BCUT2D eigenvalue weighted by Crippen LogP contribution is 2.37. The van der Waals surface area contributed by atoms with Crippen LogP contribution < -0.4 is 10.2 Å². The van der Waals surface area contributed by atoms with Crippen molar-refractivity contribution >= 4 is 12.6 Å². The van der Waals surface area contributed by atoms with E-state index in [1.807, 2.05) is 39.8 Å². The molecule has 116 valence electrons. The zero-order chi connectivity index (χ0) is 15.9. The van der Waals surface area contributed by atoms with Gasteiger partial charge in [-0.25, -0.2) is 4.98 Å². The molecule has 1 saturated heterocycles. The number of nitrogens with zero attached hydrogens (tertiary/aromatic N) is 1. The molecule has 0 radical (unpaired) electrons. The number of hydrogen-bond acceptors (Lipinski definition) is 4. The summed E-state index contributed by atoms with van der Waals surface area (Å²) in [5, 5.41) is 0. The van der Waals surface area contributed by atoms with Crippen LogP contribution in [0.15, 0.2) is 18.3 Å². The highest BCUT2D eigenvalue weighted by atomic mass is 16.7. The first-order chi connectivity index (χ1) is 9.52. The molecule has 0 unspecified atom stereocenters. The summed E-state index contributed by atoms with van der Waals surface area (Å²) in [6, 6.07) is 3.83. The lowest BCUT2D eigenvalue weighted by Gasteiger charge is -2.32. The normalized spacial score (nSPS) is 20.6. The van der Waals surface area contributed by atoms with Crippen LogP contribution in [0.1, 0.15) is 48.5 Å². The molecule has 21 heavy (non-hydrogen) atoms. The van der Waals surface area contributed by atoms with Crippen LogP contribution in [0, 0.1) is 5.41 Å². The van der Waals surface area contributed by atoms with E-state index in [1.165, 1.54) is 0 Å². The number of pyridine rings is 1. The summed E-state index contributed by atoms with van der Waals surface area (Å²) in [5.41, 5.74) is 0.189. The van der Waals surface area contributed by atoms with Crippen LogP contribution in [-0.4, -0.2) is 29.9 Å². The summed E-state index contributed by atoms with van der Waals surface area (Å²) in [7, 11) is -0.446. The first-order valence-corrected chi connectivity index (χ1v) is 7.45. The molecule has 0 spiro atoms. The van der Waals surface area contributed by atoms with Gasteiger partial charge in [0.15, 0.2) is 0 Å². The Morgan fingerprint density at radius 3 is 2.24 bits per heavy atom. The van der Waals surface area contributed by atoms with E-state index in [9.17, 15) is 0 Å². The van der Waals surface area contributed by atoms with E-state index in [0.717, 1.165) is 5.46 Å². The van der Waals surface area contributed by atoms with Gasteiger partial charge in [-0.15, -0.1) is 0 Å². The molecule has 1 aliphatic rings. The monoisotopic (exact) mass is 291 g/mol. The van der Waals surface area contributed by atoms with Crippen molar-refractivity contribution in [3.63, 3.8) is 0 Å². The summed E-state index contributed by atoms with van der Waals surface area (Å²) in [5.74, 6) is 0.589. The molecule has 0 atom stereocenters. The van der Waals surface area contributed by atoms with E-state index < -0.39 is 7.12 Å². The average molecular weight is 291 g/mol. The van der Waals surface area contributed by atoms with Crippen LogP contribution in [0.2, 0.25) is 0 Å². The third-order valence-electron chi connectivity index (χ3n) is 3.95. The Hall–Kier alpha value is -1.07. The molecule has 5 heteroatoms. The van der Waals surface area contributed by atoms with Gasteiger partial charge in [-0.2, -0.15) is 0 Å². The molecule has 0 aromatic carbocycles. The van der Waals surface area contributed by atoms with Gasteiger partial charge < -0.3 is 14.0 Å². The number of ether oxygens (including phenoxy) is 1. The van der Waals surface area contributed by atoms with Crippen LogP contribution in [0.4, 0.5) is 0 Å². The molecule has 0 saturated carbocycles. The molecule has 0 bridgehead atoms. The summed E-state index contributed by atoms with van der Waals surface area (Å²) in [6.07, 6.45) is 1.73. The van der Waals surface area contributed by atoms with Crippen LogP contribution in [-0.2, 0) is 9.31 Å². The SMILES string of the molecule is CC(C)(C)COc1ncccc1B1OC(C)(C)C(C)(C)O1. The Morgan fingerprint density at radius 2 is 1.71 bits per heavy atom. The fraction of sp³-hybridized carbons (Fsp3) is 0.688. The molecule has 1 aromatic heterocycles. The Balaban J connectivity index is 2.22. The lowest BCUT2D eigenvalue weighted by atomic mass is 9.80. The maximum Gasteiger partial charge on any atom is 0.500 e. The molecule has 0 N–H and O–H groups in total. The number of hydrogen-bond donors (Lipinski definition) is 0. The first-order valence-electron chi connectivity index (χ1n) is 7.45. The minimum atomic E-state index is -0.446. The topological polar surface area (TPSA) is 40.6 Å². The summed E-state index contributed by atoms with van der Waals surface area (Å²) >= 11 is 0. The summed E-state index contributed by atoms with van der Waals surface area (Å²) in [6.45, 7) is 15.1. The van der Waals surface area contributed by atoms with E-state index in [1.54, 1.807) is 6.20 Å². The largest absolute Gasteiger partial charge is 0.500 e. The Kier molecular flexibility index (Phi) is 4.11. The summed E-state index contributed by atoms with van der Waals surface area (Å²) in [4.78, 5) is 4.34. The molecular weight excluding hydrogens is 265 g/mol. The van der Waals surface area contributed by atoms with Gasteiger partial charge in [-0.05, 0) is 39.2 Å². The number of aromatic nitrogens is 1. The summed E-state index contributed by atoms with van der Waals surface area (Å²) < 4.78 is 18.0. The molecule has 1 aromatic rings. The molecule has 0 amide bonds. The van der Waals surface area contributed by atoms with Crippen LogP contribution in [0.3, 0.4) is 0 Å². The van der Waals surface area contributed by atoms with Crippen LogP contribution >= 0.6 is 0 Å². The van der Waals surface area contributed by atoms with Crippen LogP contribution in [0.25, 0.3) is 0 Å². The predicted molar refractivity (Wildman–Crippen MR) is 84.9 cm³/mol. The average Bonchev–Trinajstić information content (AvgIpc) is 2.55. The predicted octanol–water partition coefficient (Wildman–Crippen LogP) is 2.81. The van der Waals surface area contributed by atoms with Crippen molar-refractivity contribution in [2.45, 2.75) is 59.7 Å². The van der Waals surface area contributed by atoms with Gasteiger partial charge >= 0.3 is 7.12 Å². The third kappa shape index (κ3) is 3.58. The molecular formula is C16H26BNO3. The fourth-order valence-corrected chi connectivity index (χ4v) is 1.96. The smallest absolute Gasteiger partial charge is 0.477 e.